The monoisotopic (exact) mass is 341 g/mol. The summed E-state index contributed by atoms with van der Waals surface area (Å²) < 4.78 is 5.35. The van der Waals surface area contributed by atoms with Crippen LogP contribution in [0.1, 0.15) is 34.1 Å². The number of amides is 1. The van der Waals surface area contributed by atoms with Gasteiger partial charge in [0.1, 0.15) is 11.5 Å². The molecule has 124 valence electrons. The number of carbonyl (C=O) groups excluding carboxylic acids is 1. The van der Waals surface area contributed by atoms with Crippen molar-refractivity contribution in [2.75, 3.05) is 13.1 Å². The number of H-pyrrole nitrogens is 1. The number of aromatic amines is 1. The molecule has 5 nitrogen and oxygen atoms in total. The summed E-state index contributed by atoms with van der Waals surface area (Å²) in [6, 6.07) is 5.80. The van der Waals surface area contributed by atoms with Gasteiger partial charge in [0.25, 0.3) is 5.91 Å². The Labute approximate surface area is 144 Å². The lowest BCUT2D eigenvalue weighted by Crippen LogP contribution is -2.27. The smallest absolute Gasteiger partial charge is 0.270 e. The maximum Gasteiger partial charge on any atom is 0.270 e. The molecule has 24 heavy (non-hydrogen) atoms. The average Bonchev–Trinajstić information content (AvgIpc) is 3.41. The number of rotatable bonds is 5. The zero-order chi connectivity index (χ0) is 16.4. The molecule has 3 aromatic heterocycles. The van der Waals surface area contributed by atoms with Gasteiger partial charge >= 0.3 is 0 Å². The Balaban J connectivity index is 1.43. The number of hydrogen-bond acceptors (Lipinski definition) is 4. The van der Waals surface area contributed by atoms with Gasteiger partial charge in [-0.2, -0.15) is 0 Å². The predicted octanol–water partition coefficient (Wildman–Crippen LogP) is 3.75. The summed E-state index contributed by atoms with van der Waals surface area (Å²) in [5, 5.41) is 3.13. The zero-order valence-electron chi connectivity index (χ0n) is 13.3. The Morgan fingerprint density at radius 2 is 2.21 bits per heavy atom. The topological polar surface area (TPSA) is 62.1 Å². The highest BCUT2D eigenvalue weighted by Crippen LogP contribution is 2.24. The van der Waals surface area contributed by atoms with Crippen molar-refractivity contribution in [3.8, 4) is 11.3 Å². The van der Waals surface area contributed by atoms with Crippen LogP contribution in [-0.4, -0.2) is 33.9 Å². The number of aromatic nitrogens is 2. The summed E-state index contributed by atoms with van der Waals surface area (Å²) in [4.78, 5) is 22.1. The molecule has 0 unspecified atom stereocenters. The van der Waals surface area contributed by atoms with E-state index in [-0.39, 0.29) is 5.91 Å². The molecule has 1 N–H and O–H groups in total. The molecule has 1 aliphatic heterocycles. The lowest BCUT2D eigenvalue weighted by Gasteiger charge is -2.13. The molecule has 0 bridgehead atoms. The molecule has 4 heterocycles. The van der Waals surface area contributed by atoms with Crippen molar-refractivity contribution in [2.24, 2.45) is 0 Å². The first kappa shape index (κ1) is 15.2. The van der Waals surface area contributed by atoms with E-state index >= 15 is 0 Å². The van der Waals surface area contributed by atoms with Crippen molar-refractivity contribution in [1.29, 1.82) is 0 Å². The van der Waals surface area contributed by atoms with Gasteiger partial charge in [-0.3, -0.25) is 4.79 Å². The molecule has 6 heteroatoms. The molecule has 0 aromatic carbocycles. The van der Waals surface area contributed by atoms with E-state index in [1.165, 1.54) is 0 Å². The third-order valence-corrected chi connectivity index (χ3v) is 5.23. The van der Waals surface area contributed by atoms with Crippen LogP contribution in [0.15, 0.2) is 40.5 Å². The average molecular weight is 341 g/mol. The number of thiazole rings is 1. The molecule has 4 rings (SSSR count). The van der Waals surface area contributed by atoms with Crippen LogP contribution in [0.2, 0.25) is 0 Å². The van der Waals surface area contributed by atoms with E-state index in [2.05, 4.69) is 9.97 Å². The van der Waals surface area contributed by atoms with E-state index in [9.17, 15) is 4.79 Å². The van der Waals surface area contributed by atoms with Gasteiger partial charge in [0.05, 0.1) is 17.0 Å². The van der Waals surface area contributed by atoms with Crippen molar-refractivity contribution in [3.05, 3.63) is 52.5 Å². The third kappa shape index (κ3) is 3.14. The molecule has 0 aliphatic carbocycles. The quantitative estimate of drug-likeness (QED) is 0.769. The molecule has 3 aromatic rings. The van der Waals surface area contributed by atoms with Crippen LogP contribution >= 0.6 is 11.3 Å². The summed E-state index contributed by atoms with van der Waals surface area (Å²) in [6.45, 7) is 1.72. The maximum atomic E-state index is 12.4. The zero-order valence-corrected chi connectivity index (χ0v) is 14.1. The van der Waals surface area contributed by atoms with Crippen LogP contribution in [0.4, 0.5) is 0 Å². The molecule has 1 saturated heterocycles. The second-order valence-corrected chi connectivity index (χ2v) is 6.95. The van der Waals surface area contributed by atoms with E-state index in [1.807, 2.05) is 34.7 Å². The predicted molar refractivity (Wildman–Crippen MR) is 93.2 cm³/mol. The minimum Gasteiger partial charge on any atom is -0.469 e. The first-order valence-electron chi connectivity index (χ1n) is 8.24. The van der Waals surface area contributed by atoms with E-state index in [0.717, 1.165) is 60.8 Å². The second-order valence-electron chi connectivity index (χ2n) is 6.01. The number of furan rings is 1. The summed E-state index contributed by atoms with van der Waals surface area (Å²) in [5.41, 5.74) is 2.54. The highest BCUT2D eigenvalue weighted by Gasteiger charge is 2.21. The molecule has 1 aliphatic rings. The van der Waals surface area contributed by atoms with Crippen molar-refractivity contribution in [1.82, 2.24) is 14.9 Å². The Hall–Kier alpha value is -2.34. The van der Waals surface area contributed by atoms with E-state index in [1.54, 1.807) is 17.6 Å². The first-order valence-corrected chi connectivity index (χ1v) is 9.12. The van der Waals surface area contributed by atoms with Gasteiger partial charge < -0.3 is 14.3 Å². The number of nitrogens with one attached hydrogen (secondary N) is 1. The fraction of sp³-hybridized carbons (Fsp3) is 0.333. The van der Waals surface area contributed by atoms with Crippen LogP contribution in [-0.2, 0) is 12.8 Å². The van der Waals surface area contributed by atoms with Crippen LogP contribution < -0.4 is 0 Å². The van der Waals surface area contributed by atoms with E-state index in [0.29, 0.717) is 5.69 Å². The van der Waals surface area contributed by atoms with Gasteiger partial charge in [0.15, 0.2) is 0 Å². The fourth-order valence-electron chi connectivity index (χ4n) is 3.00. The summed E-state index contributed by atoms with van der Waals surface area (Å²) in [7, 11) is 0. The van der Waals surface area contributed by atoms with Crippen molar-refractivity contribution in [2.45, 2.75) is 25.7 Å². The maximum absolute atomic E-state index is 12.4. The largest absolute Gasteiger partial charge is 0.469 e. The standard InChI is InChI=1S/C18H19N3O2S/c22-18(21-7-1-2-8-21)15-10-13(11-19-15)16-12-24-17(20-16)6-5-14-4-3-9-23-14/h3-4,9-12,19H,1-2,5-8H2. The number of carbonyl (C=O) groups is 1. The number of likely N-dealkylation sites (tertiary alicyclic amines) is 1. The van der Waals surface area contributed by atoms with Gasteiger partial charge in [-0.15, -0.1) is 11.3 Å². The van der Waals surface area contributed by atoms with Crippen molar-refractivity contribution < 1.29 is 9.21 Å². The van der Waals surface area contributed by atoms with E-state index in [4.69, 9.17) is 4.42 Å². The Bertz CT molecular complexity index is 813. The highest BCUT2D eigenvalue weighted by atomic mass is 32.1. The van der Waals surface area contributed by atoms with Crippen LogP contribution in [0.25, 0.3) is 11.3 Å². The minimum absolute atomic E-state index is 0.0898. The summed E-state index contributed by atoms with van der Waals surface area (Å²) in [6.07, 6.45) is 7.48. The molecular formula is C18H19N3O2S. The number of hydrogen-bond donors (Lipinski definition) is 1. The lowest BCUT2D eigenvalue weighted by molar-refractivity contribution is 0.0788. The molecular weight excluding hydrogens is 322 g/mol. The molecule has 0 spiro atoms. The van der Waals surface area contributed by atoms with Gasteiger partial charge in [-0.25, -0.2) is 4.98 Å². The Morgan fingerprint density at radius 1 is 1.33 bits per heavy atom. The van der Waals surface area contributed by atoms with Crippen LogP contribution in [0, 0.1) is 0 Å². The first-order chi connectivity index (χ1) is 11.8. The SMILES string of the molecule is O=C(c1cc(-c2csc(CCc3ccco3)n2)c[nH]1)N1CCCC1. The number of nitrogens with zero attached hydrogens (tertiary/aromatic N) is 2. The van der Waals surface area contributed by atoms with Gasteiger partial charge in [0, 0.05) is 43.1 Å². The van der Waals surface area contributed by atoms with Gasteiger partial charge in [-0.1, -0.05) is 0 Å². The number of aryl methyl sites for hydroxylation is 2. The highest BCUT2D eigenvalue weighted by molar-refractivity contribution is 7.09. The van der Waals surface area contributed by atoms with Gasteiger partial charge in [0.2, 0.25) is 0 Å². The summed E-state index contributed by atoms with van der Waals surface area (Å²) in [5.74, 6) is 1.07. The van der Waals surface area contributed by atoms with E-state index < -0.39 is 0 Å². The minimum atomic E-state index is 0.0898. The molecule has 0 radical (unpaired) electrons. The summed E-state index contributed by atoms with van der Waals surface area (Å²) >= 11 is 1.65. The van der Waals surface area contributed by atoms with Gasteiger partial charge in [-0.05, 0) is 31.0 Å². The van der Waals surface area contributed by atoms with Crippen LogP contribution in [0.3, 0.4) is 0 Å². The lowest BCUT2D eigenvalue weighted by atomic mass is 10.2. The molecule has 1 fully saturated rings. The molecule has 0 atom stereocenters. The van der Waals surface area contributed by atoms with Crippen molar-refractivity contribution >= 4 is 17.2 Å². The normalized spacial score (nSPS) is 14.4. The Kier molecular flexibility index (Phi) is 4.21. The third-order valence-electron chi connectivity index (χ3n) is 4.32. The van der Waals surface area contributed by atoms with Crippen LogP contribution in [0.5, 0.6) is 0 Å². The Morgan fingerprint density at radius 3 is 3.00 bits per heavy atom. The second kappa shape index (κ2) is 6.65. The molecule has 0 saturated carbocycles. The van der Waals surface area contributed by atoms with Crippen molar-refractivity contribution in [3.63, 3.8) is 0 Å². The fourth-order valence-corrected chi connectivity index (χ4v) is 3.81. The molecule has 1 amide bonds.